The van der Waals surface area contributed by atoms with Crippen molar-refractivity contribution in [3.05, 3.63) is 84.9 Å². The van der Waals surface area contributed by atoms with Crippen LogP contribution in [-0.4, -0.2) is 25.0 Å². The third-order valence-corrected chi connectivity index (χ3v) is 3.84. The normalized spacial score (nSPS) is 10.1. The van der Waals surface area contributed by atoms with Crippen LogP contribution in [0.15, 0.2) is 84.9 Å². The molecule has 5 nitrogen and oxygen atoms in total. The molecule has 0 saturated carbocycles. The lowest BCUT2D eigenvalue weighted by molar-refractivity contribution is -0.125. The van der Waals surface area contributed by atoms with Crippen LogP contribution in [0.25, 0.3) is 11.1 Å². The van der Waals surface area contributed by atoms with Crippen LogP contribution in [0.5, 0.6) is 5.75 Å². The van der Waals surface area contributed by atoms with Crippen molar-refractivity contribution >= 4 is 17.5 Å². The van der Waals surface area contributed by atoms with Gasteiger partial charge < -0.3 is 15.4 Å². The Balaban J connectivity index is 1.43. The number of ether oxygens (including phenoxy) is 1. The molecule has 0 aromatic heterocycles. The van der Waals surface area contributed by atoms with E-state index in [1.165, 1.54) is 0 Å². The number of amides is 2. The molecule has 0 bridgehead atoms. The third kappa shape index (κ3) is 5.71. The van der Waals surface area contributed by atoms with Gasteiger partial charge in [-0.1, -0.05) is 60.7 Å². The van der Waals surface area contributed by atoms with Crippen molar-refractivity contribution in [2.75, 3.05) is 18.5 Å². The quantitative estimate of drug-likeness (QED) is 0.678. The first-order valence-electron chi connectivity index (χ1n) is 8.60. The predicted octanol–water partition coefficient (Wildman–Crippen LogP) is 3.49. The van der Waals surface area contributed by atoms with Gasteiger partial charge in [-0.05, 0) is 35.4 Å². The summed E-state index contributed by atoms with van der Waals surface area (Å²) < 4.78 is 5.33. The largest absolute Gasteiger partial charge is 0.484 e. The highest BCUT2D eigenvalue weighted by atomic mass is 16.5. The lowest BCUT2D eigenvalue weighted by atomic mass is 10.1. The molecule has 0 atom stereocenters. The lowest BCUT2D eigenvalue weighted by Crippen LogP contribution is -2.35. The van der Waals surface area contributed by atoms with Crippen molar-refractivity contribution in [2.24, 2.45) is 0 Å². The molecule has 0 spiro atoms. The fourth-order valence-electron chi connectivity index (χ4n) is 2.48. The van der Waals surface area contributed by atoms with Crippen LogP contribution in [0, 0.1) is 0 Å². The van der Waals surface area contributed by atoms with Gasteiger partial charge in [0.05, 0.1) is 6.54 Å². The lowest BCUT2D eigenvalue weighted by Gasteiger charge is -2.09. The summed E-state index contributed by atoms with van der Waals surface area (Å²) in [5, 5.41) is 5.29. The Hall–Kier alpha value is -3.60. The van der Waals surface area contributed by atoms with Gasteiger partial charge in [-0.15, -0.1) is 0 Å². The van der Waals surface area contributed by atoms with Crippen LogP contribution in [0.1, 0.15) is 0 Å². The second-order valence-corrected chi connectivity index (χ2v) is 5.87. The monoisotopic (exact) mass is 360 g/mol. The zero-order valence-electron chi connectivity index (χ0n) is 14.7. The number of nitrogens with one attached hydrogen (secondary N) is 2. The van der Waals surface area contributed by atoms with E-state index >= 15 is 0 Å². The van der Waals surface area contributed by atoms with E-state index in [-0.39, 0.29) is 25.0 Å². The first kappa shape index (κ1) is 18.2. The van der Waals surface area contributed by atoms with Gasteiger partial charge in [-0.3, -0.25) is 9.59 Å². The first-order valence-corrected chi connectivity index (χ1v) is 8.60. The van der Waals surface area contributed by atoms with Crippen LogP contribution in [-0.2, 0) is 9.59 Å². The van der Waals surface area contributed by atoms with Crippen LogP contribution in [0.2, 0.25) is 0 Å². The summed E-state index contributed by atoms with van der Waals surface area (Å²) in [6, 6.07) is 26.6. The summed E-state index contributed by atoms with van der Waals surface area (Å²) in [5.41, 5.74) is 2.86. The van der Waals surface area contributed by atoms with Crippen molar-refractivity contribution in [1.29, 1.82) is 0 Å². The maximum atomic E-state index is 12.0. The molecule has 0 heterocycles. The van der Waals surface area contributed by atoms with Gasteiger partial charge in [0, 0.05) is 5.69 Å². The third-order valence-electron chi connectivity index (χ3n) is 3.84. The predicted molar refractivity (Wildman–Crippen MR) is 105 cm³/mol. The summed E-state index contributed by atoms with van der Waals surface area (Å²) in [6.07, 6.45) is 0. The Bertz CT molecular complexity index is 878. The Morgan fingerprint density at radius 1 is 0.704 bits per heavy atom. The van der Waals surface area contributed by atoms with E-state index in [2.05, 4.69) is 10.6 Å². The summed E-state index contributed by atoms with van der Waals surface area (Å²) in [5.74, 6) is -0.0421. The average Bonchev–Trinajstić information content (AvgIpc) is 2.73. The number of carbonyl (C=O) groups is 2. The van der Waals surface area contributed by atoms with E-state index in [9.17, 15) is 9.59 Å². The molecule has 136 valence electrons. The Labute approximate surface area is 158 Å². The van der Waals surface area contributed by atoms with E-state index in [4.69, 9.17) is 4.74 Å². The molecule has 2 amide bonds. The summed E-state index contributed by atoms with van der Waals surface area (Å²) in [6.45, 7) is -0.250. The van der Waals surface area contributed by atoms with Gasteiger partial charge in [-0.25, -0.2) is 0 Å². The number of anilines is 1. The van der Waals surface area contributed by atoms with Gasteiger partial charge in [0.15, 0.2) is 6.61 Å². The van der Waals surface area contributed by atoms with E-state index in [1.807, 2.05) is 72.8 Å². The fraction of sp³-hybridized carbons (Fsp3) is 0.0909. The van der Waals surface area contributed by atoms with Gasteiger partial charge in [0.25, 0.3) is 5.91 Å². The summed E-state index contributed by atoms with van der Waals surface area (Å²) in [7, 11) is 0. The fourth-order valence-corrected chi connectivity index (χ4v) is 2.48. The van der Waals surface area contributed by atoms with E-state index in [0.717, 1.165) is 11.1 Å². The highest BCUT2D eigenvalue weighted by Crippen LogP contribution is 2.20. The van der Waals surface area contributed by atoms with Crippen molar-refractivity contribution in [3.63, 3.8) is 0 Å². The first-order chi connectivity index (χ1) is 13.2. The minimum absolute atomic E-state index is 0.114. The minimum atomic E-state index is -0.353. The number of para-hydroxylation sites is 1. The maximum Gasteiger partial charge on any atom is 0.258 e. The molecule has 0 aliphatic heterocycles. The van der Waals surface area contributed by atoms with E-state index in [0.29, 0.717) is 11.4 Å². The average molecular weight is 360 g/mol. The minimum Gasteiger partial charge on any atom is -0.484 e. The molecule has 27 heavy (non-hydrogen) atoms. The molecular weight excluding hydrogens is 340 g/mol. The number of benzene rings is 3. The molecule has 5 heteroatoms. The van der Waals surface area contributed by atoms with E-state index < -0.39 is 0 Å². The molecule has 2 N–H and O–H groups in total. The number of hydrogen-bond donors (Lipinski definition) is 2. The Morgan fingerprint density at radius 3 is 1.96 bits per heavy atom. The molecule has 3 rings (SSSR count). The highest BCUT2D eigenvalue weighted by molar-refractivity contribution is 5.94. The smallest absolute Gasteiger partial charge is 0.258 e. The van der Waals surface area contributed by atoms with Gasteiger partial charge in [-0.2, -0.15) is 0 Å². The zero-order chi connectivity index (χ0) is 18.9. The van der Waals surface area contributed by atoms with E-state index in [1.54, 1.807) is 12.1 Å². The van der Waals surface area contributed by atoms with Crippen LogP contribution in [0.4, 0.5) is 5.69 Å². The second kappa shape index (κ2) is 9.20. The van der Waals surface area contributed by atoms with Crippen molar-refractivity contribution in [2.45, 2.75) is 0 Å². The molecule has 0 unspecified atom stereocenters. The molecule has 0 aliphatic carbocycles. The molecule has 0 saturated heterocycles. The molecular formula is C22H20N2O3. The van der Waals surface area contributed by atoms with Crippen molar-refractivity contribution < 1.29 is 14.3 Å². The standard InChI is InChI=1S/C22H20N2O3/c25-21(15-23-22(26)16-27-20-9-5-2-6-10-20)24-19-13-11-18(12-14-19)17-7-3-1-4-8-17/h1-14H,15-16H2,(H,23,26)(H,24,25). The summed E-state index contributed by atoms with van der Waals surface area (Å²) in [4.78, 5) is 23.7. The Kier molecular flexibility index (Phi) is 6.20. The SMILES string of the molecule is O=C(COc1ccccc1)NCC(=O)Nc1ccc(-c2ccccc2)cc1. The topological polar surface area (TPSA) is 67.4 Å². The van der Waals surface area contributed by atoms with Gasteiger partial charge >= 0.3 is 0 Å². The molecule has 0 fully saturated rings. The molecule has 0 aliphatic rings. The van der Waals surface area contributed by atoms with Gasteiger partial charge in [0.1, 0.15) is 5.75 Å². The molecule has 3 aromatic carbocycles. The zero-order valence-corrected chi connectivity index (χ0v) is 14.7. The molecule has 3 aromatic rings. The maximum absolute atomic E-state index is 12.0. The Morgan fingerprint density at radius 2 is 1.30 bits per heavy atom. The second-order valence-electron chi connectivity index (χ2n) is 5.87. The number of rotatable bonds is 7. The summed E-state index contributed by atoms with van der Waals surface area (Å²) >= 11 is 0. The van der Waals surface area contributed by atoms with Crippen LogP contribution >= 0.6 is 0 Å². The number of hydrogen-bond acceptors (Lipinski definition) is 3. The van der Waals surface area contributed by atoms with Gasteiger partial charge in [0.2, 0.25) is 5.91 Å². The van der Waals surface area contributed by atoms with Crippen molar-refractivity contribution in [1.82, 2.24) is 5.32 Å². The van der Waals surface area contributed by atoms with Crippen LogP contribution < -0.4 is 15.4 Å². The van der Waals surface area contributed by atoms with Crippen LogP contribution in [0.3, 0.4) is 0 Å². The number of carbonyl (C=O) groups excluding carboxylic acids is 2. The molecule has 0 radical (unpaired) electrons. The highest BCUT2D eigenvalue weighted by Gasteiger charge is 2.07. The van der Waals surface area contributed by atoms with Crippen molar-refractivity contribution in [3.8, 4) is 16.9 Å².